The van der Waals surface area contributed by atoms with Gasteiger partial charge in [-0.05, 0) is 31.7 Å². The molecular weight excluding hydrogens is 228 g/mol. The maximum absolute atomic E-state index is 13.6. The number of rotatable bonds is 6. The summed E-state index contributed by atoms with van der Waals surface area (Å²) in [6.45, 7) is 2.36. The van der Waals surface area contributed by atoms with Crippen molar-refractivity contribution in [2.24, 2.45) is 0 Å². The third-order valence-electron chi connectivity index (χ3n) is 2.16. The molecule has 5 heteroatoms. The van der Waals surface area contributed by atoms with Crippen LogP contribution in [0.3, 0.4) is 0 Å². The summed E-state index contributed by atoms with van der Waals surface area (Å²) in [4.78, 5) is 0. The van der Waals surface area contributed by atoms with Crippen LogP contribution in [-0.4, -0.2) is 26.9 Å². The zero-order valence-electron chi connectivity index (χ0n) is 10.2. The molecule has 0 saturated carbocycles. The average Bonchev–Trinajstić information content (AvgIpc) is 2.24. The molecule has 1 rings (SSSR count). The Morgan fingerprint density at radius 3 is 2.35 bits per heavy atom. The number of nitrogens with one attached hydrogen (secondary N) is 1. The topological polar surface area (TPSA) is 30.5 Å². The number of hydrogen-bond donors (Lipinski definition) is 1. The van der Waals surface area contributed by atoms with Crippen LogP contribution in [0.5, 0.6) is 5.75 Å². The van der Waals surface area contributed by atoms with Gasteiger partial charge in [-0.1, -0.05) is 0 Å². The van der Waals surface area contributed by atoms with Gasteiger partial charge in [-0.25, -0.2) is 8.78 Å². The van der Waals surface area contributed by atoms with Crippen LogP contribution in [-0.2, 0) is 11.3 Å². The summed E-state index contributed by atoms with van der Waals surface area (Å²) < 4.78 is 37.2. The highest BCUT2D eigenvalue weighted by atomic mass is 19.1. The molecule has 17 heavy (non-hydrogen) atoms. The van der Waals surface area contributed by atoms with Crippen molar-refractivity contribution in [3.8, 4) is 5.75 Å². The van der Waals surface area contributed by atoms with E-state index < -0.39 is 17.7 Å². The quantitative estimate of drug-likeness (QED) is 0.832. The van der Waals surface area contributed by atoms with Crippen LogP contribution >= 0.6 is 0 Å². The van der Waals surface area contributed by atoms with E-state index in [9.17, 15) is 8.78 Å². The Morgan fingerprint density at radius 2 is 1.88 bits per heavy atom. The zero-order chi connectivity index (χ0) is 12.8. The Labute approximate surface area is 99.7 Å². The van der Waals surface area contributed by atoms with Gasteiger partial charge in [-0.3, -0.25) is 0 Å². The number of benzene rings is 1. The number of halogens is 2. The normalized spacial score (nSPS) is 12.5. The van der Waals surface area contributed by atoms with Crippen LogP contribution in [0.15, 0.2) is 12.1 Å². The van der Waals surface area contributed by atoms with Gasteiger partial charge in [0.15, 0.2) is 17.4 Å². The third kappa shape index (κ3) is 3.94. The molecule has 0 bridgehead atoms. The Kier molecular flexibility index (Phi) is 5.31. The monoisotopic (exact) mass is 245 g/mol. The summed E-state index contributed by atoms with van der Waals surface area (Å²) >= 11 is 0. The van der Waals surface area contributed by atoms with Crippen LogP contribution in [0.1, 0.15) is 12.5 Å². The van der Waals surface area contributed by atoms with Crippen LogP contribution in [0.25, 0.3) is 0 Å². The summed E-state index contributed by atoms with van der Waals surface area (Å²) in [6.07, 6.45) is -0.404. The zero-order valence-corrected chi connectivity index (χ0v) is 10.2. The van der Waals surface area contributed by atoms with Crippen molar-refractivity contribution >= 4 is 0 Å². The van der Waals surface area contributed by atoms with E-state index in [1.807, 2.05) is 0 Å². The van der Waals surface area contributed by atoms with Crippen molar-refractivity contribution in [3.05, 3.63) is 29.3 Å². The Morgan fingerprint density at radius 1 is 1.29 bits per heavy atom. The molecule has 0 aliphatic rings. The van der Waals surface area contributed by atoms with Crippen molar-refractivity contribution in [2.45, 2.75) is 19.6 Å². The molecule has 0 amide bonds. The second kappa shape index (κ2) is 6.51. The smallest absolute Gasteiger partial charge is 0.191 e. The summed E-state index contributed by atoms with van der Waals surface area (Å²) in [6, 6.07) is 2.52. The van der Waals surface area contributed by atoms with Crippen LogP contribution in [0, 0.1) is 11.6 Å². The maximum Gasteiger partial charge on any atom is 0.191 e. The highest BCUT2D eigenvalue weighted by molar-refractivity contribution is 5.31. The van der Waals surface area contributed by atoms with Gasteiger partial charge in [-0.2, -0.15) is 0 Å². The Hall–Kier alpha value is -1.20. The van der Waals surface area contributed by atoms with Gasteiger partial charge in [0.2, 0.25) is 0 Å². The van der Waals surface area contributed by atoms with Gasteiger partial charge in [0.1, 0.15) is 6.10 Å². The van der Waals surface area contributed by atoms with Gasteiger partial charge >= 0.3 is 0 Å². The molecule has 96 valence electrons. The first kappa shape index (κ1) is 13.9. The van der Waals surface area contributed by atoms with Crippen LogP contribution in [0.4, 0.5) is 8.78 Å². The first-order valence-electron chi connectivity index (χ1n) is 5.36. The molecule has 1 unspecified atom stereocenters. The highest BCUT2D eigenvalue weighted by Gasteiger charge is 2.15. The van der Waals surface area contributed by atoms with E-state index in [1.165, 1.54) is 19.2 Å². The molecular formula is C12H17F2NO2. The maximum atomic E-state index is 13.6. The minimum Gasteiger partial charge on any atom is -0.482 e. The number of hydrogen-bond acceptors (Lipinski definition) is 3. The fraction of sp³-hybridized carbons (Fsp3) is 0.500. The molecule has 1 aromatic rings. The van der Waals surface area contributed by atoms with E-state index >= 15 is 0 Å². The highest BCUT2D eigenvalue weighted by Crippen LogP contribution is 2.24. The first-order chi connectivity index (χ1) is 8.08. The predicted molar refractivity (Wildman–Crippen MR) is 61.1 cm³/mol. The van der Waals surface area contributed by atoms with Crippen molar-refractivity contribution in [1.82, 2.24) is 5.32 Å². The lowest BCUT2D eigenvalue weighted by Gasteiger charge is -2.15. The predicted octanol–water partition coefficient (Wildman–Crippen LogP) is 2.10. The Bertz CT molecular complexity index is 349. The van der Waals surface area contributed by atoms with Crippen molar-refractivity contribution in [3.63, 3.8) is 0 Å². The average molecular weight is 245 g/mol. The fourth-order valence-corrected chi connectivity index (χ4v) is 1.50. The van der Waals surface area contributed by atoms with Crippen molar-refractivity contribution < 1.29 is 18.3 Å². The van der Waals surface area contributed by atoms with Crippen LogP contribution in [0.2, 0.25) is 0 Å². The van der Waals surface area contributed by atoms with Crippen molar-refractivity contribution in [2.75, 3.05) is 20.8 Å². The molecule has 0 spiro atoms. The second-order valence-electron chi connectivity index (χ2n) is 3.80. The lowest BCUT2D eigenvalue weighted by Crippen LogP contribution is -2.19. The van der Waals surface area contributed by atoms with Gasteiger partial charge in [0.25, 0.3) is 0 Å². The van der Waals surface area contributed by atoms with E-state index in [4.69, 9.17) is 9.47 Å². The summed E-state index contributed by atoms with van der Waals surface area (Å²) in [7, 11) is 3.21. The summed E-state index contributed by atoms with van der Waals surface area (Å²) in [5.74, 6) is -1.74. The SMILES string of the molecule is CNCc1cc(F)c(OC(C)COC)c(F)c1. The van der Waals surface area contributed by atoms with Crippen molar-refractivity contribution in [1.29, 1.82) is 0 Å². The van der Waals surface area contributed by atoms with E-state index in [0.717, 1.165) is 0 Å². The molecule has 0 saturated heterocycles. The second-order valence-corrected chi connectivity index (χ2v) is 3.80. The third-order valence-corrected chi connectivity index (χ3v) is 2.16. The fourth-order valence-electron chi connectivity index (χ4n) is 1.50. The standard InChI is InChI=1S/C12H17F2NO2/c1-8(7-16-3)17-12-10(13)4-9(6-15-2)5-11(12)14/h4-5,8,15H,6-7H2,1-3H3. The van der Waals surface area contributed by atoms with E-state index in [2.05, 4.69) is 5.32 Å². The molecule has 1 atom stereocenters. The first-order valence-corrected chi connectivity index (χ1v) is 5.36. The minimum atomic E-state index is -0.696. The van der Waals surface area contributed by atoms with Gasteiger partial charge in [0.05, 0.1) is 6.61 Å². The Balaban J connectivity index is 2.85. The van der Waals surface area contributed by atoms with Gasteiger partial charge in [-0.15, -0.1) is 0 Å². The molecule has 1 aromatic carbocycles. The largest absolute Gasteiger partial charge is 0.482 e. The molecule has 0 fully saturated rings. The summed E-state index contributed by atoms with van der Waals surface area (Å²) in [5.41, 5.74) is 0.536. The summed E-state index contributed by atoms with van der Waals surface area (Å²) in [5, 5.41) is 2.82. The molecule has 0 aromatic heterocycles. The molecule has 0 aliphatic carbocycles. The van der Waals surface area contributed by atoms with E-state index in [1.54, 1.807) is 14.0 Å². The van der Waals surface area contributed by atoms with E-state index in [0.29, 0.717) is 12.1 Å². The minimum absolute atomic E-state index is 0.275. The number of methoxy groups -OCH3 is 1. The van der Waals surface area contributed by atoms with Gasteiger partial charge < -0.3 is 14.8 Å². The van der Waals surface area contributed by atoms with Crippen LogP contribution < -0.4 is 10.1 Å². The molecule has 0 radical (unpaired) electrons. The van der Waals surface area contributed by atoms with E-state index in [-0.39, 0.29) is 12.4 Å². The molecule has 3 nitrogen and oxygen atoms in total. The molecule has 0 aliphatic heterocycles. The lowest BCUT2D eigenvalue weighted by molar-refractivity contribution is 0.0862. The molecule has 1 N–H and O–H groups in total. The lowest BCUT2D eigenvalue weighted by atomic mass is 10.2. The number of ether oxygens (including phenoxy) is 2. The molecule has 0 heterocycles. The van der Waals surface area contributed by atoms with Gasteiger partial charge in [0, 0.05) is 13.7 Å².